The Labute approximate surface area is 143 Å². The van der Waals surface area contributed by atoms with Crippen LogP contribution in [0.1, 0.15) is 17.5 Å². The molecule has 24 heavy (non-hydrogen) atoms. The molecule has 1 amide bonds. The molecule has 128 valence electrons. The first-order valence-electron chi connectivity index (χ1n) is 7.18. The fourth-order valence-corrected chi connectivity index (χ4v) is 3.84. The van der Waals surface area contributed by atoms with Gasteiger partial charge in [0.2, 0.25) is 20.3 Å². The summed E-state index contributed by atoms with van der Waals surface area (Å²) in [6.45, 7) is 2.01. The zero-order chi connectivity index (χ0) is 17.3. The molecule has 10 heteroatoms. The van der Waals surface area contributed by atoms with Gasteiger partial charge in [0.25, 0.3) is 5.91 Å². The van der Waals surface area contributed by atoms with Crippen molar-refractivity contribution in [3.8, 4) is 5.75 Å². The number of rotatable bonds is 4. The van der Waals surface area contributed by atoms with Gasteiger partial charge in [-0.15, -0.1) is 10.2 Å². The summed E-state index contributed by atoms with van der Waals surface area (Å²) >= 11 is 0.940. The van der Waals surface area contributed by atoms with Crippen LogP contribution in [0.3, 0.4) is 0 Å². The third-order valence-electron chi connectivity index (χ3n) is 3.38. The van der Waals surface area contributed by atoms with Gasteiger partial charge in [-0.2, -0.15) is 0 Å². The molecule has 1 atom stereocenters. The summed E-state index contributed by atoms with van der Waals surface area (Å²) in [5, 5.41) is 10.3. The minimum atomic E-state index is -3.43. The Morgan fingerprint density at radius 3 is 2.83 bits per heavy atom. The molecule has 0 fully saturated rings. The van der Waals surface area contributed by atoms with Gasteiger partial charge in [0.15, 0.2) is 6.10 Å². The maximum absolute atomic E-state index is 12.3. The molecule has 3 rings (SSSR count). The van der Waals surface area contributed by atoms with E-state index in [0.29, 0.717) is 12.2 Å². The third-order valence-corrected chi connectivity index (χ3v) is 4.83. The second-order valence-corrected chi connectivity index (χ2v) is 8.26. The number of amides is 1. The molecule has 1 aromatic carbocycles. The predicted molar refractivity (Wildman–Crippen MR) is 90.9 cm³/mol. The Morgan fingerprint density at radius 2 is 2.08 bits per heavy atom. The van der Waals surface area contributed by atoms with Crippen LogP contribution in [0.5, 0.6) is 5.75 Å². The molecule has 0 radical (unpaired) electrons. The summed E-state index contributed by atoms with van der Waals surface area (Å²) in [7, 11) is -3.43. The van der Waals surface area contributed by atoms with Crippen molar-refractivity contribution in [2.24, 2.45) is 0 Å². The minimum absolute atomic E-state index is 0.0955. The summed E-state index contributed by atoms with van der Waals surface area (Å²) in [6, 6.07) is 5.85. The lowest BCUT2D eigenvalue weighted by Crippen LogP contribution is -2.35. The van der Waals surface area contributed by atoms with Crippen LogP contribution in [-0.4, -0.2) is 36.9 Å². The smallest absolute Gasteiger partial charge is 0.267 e. The molecule has 2 aromatic rings. The molecule has 2 N–H and O–H groups in total. The van der Waals surface area contributed by atoms with Crippen LogP contribution in [0.2, 0.25) is 0 Å². The van der Waals surface area contributed by atoms with Gasteiger partial charge in [-0.3, -0.25) is 14.8 Å². The van der Waals surface area contributed by atoms with Gasteiger partial charge in [0.05, 0.1) is 6.26 Å². The third kappa shape index (κ3) is 4.01. The lowest BCUT2D eigenvalue weighted by Gasteiger charge is -2.25. The van der Waals surface area contributed by atoms with Crippen LogP contribution in [0, 0.1) is 6.92 Å². The first kappa shape index (κ1) is 16.7. The topological polar surface area (TPSA) is 110 Å². The van der Waals surface area contributed by atoms with Gasteiger partial charge in [-0.05, 0) is 31.4 Å². The summed E-state index contributed by atoms with van der Waals surface area (Å²) in [5.74, 6) is 0.381. The maximum Gasteiger partial charge on any atom is 0.267 e. The average molecular weight is 368 g/mol. The number of fused-ring (bicyclic) bond motifs is 1. The number of sulfonamides is 1. The molecule has 0 bridgehead atoms. The first-order valence-corrected chi connectivity index (χ1v) is 9.89. The number of nitrogens with zero attached hydrogens (tertiary/aromatic N) is 2. The van der Waals surface area contributed by atoms with Crippen LogP contribution in [-0.2, 0) is 21.2 Å². The maximum atomic E-state index is 12.3. The standard InChI is InChI=1S/C14H16N4O4S2/c1-8-3-5-10-9(7-8)4-6-11(22-10)12(19)15-13-16-17-14(23-13)18-24(2,20)21/h3,5,7,11H,4,6H2,1-2H3,(H,17,18)(H,15,16,19)/t11-/m1/s1. The van der Waals surface area contributed by atoms with Crippen molar-refractivity contribution in [2.75, 3.05) is 16.3 Å². The Hall–Kier alpha value is -2.20. The molecule has 0 spiro atoms. The second kappa shape index (κ2) is 6.36. The molecule has 2 heterocycles. The number of benzene rings is 1. The van der Waals surface area contributed by atoms with Crippen LogP contribution in [0.15, 0.2) is 18.2 Å². The minimum Gasteiger partial charge on any atom is -0.480 e. The SMILES string of the molecule is Cc1ccc2c(c1)CC[C@H](C(=O)Nc1nnc(NS(C)(=O)=O)s1)O2. The molecule has 8 nitrogen and oxygen atoms in total. The van der Waals surface area contributed by atoms with Gasteiger partial charge >= 0.3 is 0 Å². The van der Waals surface area contributed by atoms with Crippen molar-refractivity contribution < 1.29 is 17.9 Å². The van der Waals surface area contributed by atoms with Gasteiger partial charge in [-0.1, -0.05) is 29.0 Å². The van der Waals surface area contributed by atoms with Crippen molar-refractivity contribution in [3.05, 3.63) is 29.3 Å². The van der Waals surface area contributed by atoms with E-state index >= 15 is 0 Å². The van der Waals surface area contributed by atoms with E-state index in [1.165, 1.54) is 0 Å². The summed E-state index contributed by atoms with van der Waals surface area (Å²) in [4.78, 5) is 12.3. The Bertz CT molecular complexity index is 879. The van der Waals surface area contributed by atoms with Crippen LogP contribution in [0.25, 0.3) is 0 Å². The van der Waals surface area contributed by atoms with E-state index in [1.807, 2.05) is 19.1 Å². The highest BCUT2D eigenvalue weighted by atomic mass is 32.2. The van der Waals surface area contributed by atoms with E-state index in [-0.39, 0.29) is 16.2 Å². The fourth-order valence-electron chi connectivity index (χ4n) is 2.36. The van der Waals surface area contributed by atoms with Crippen LogP contribution in [0.4, 0.5) is 10.3 Å². The number of hydrogen-bond acceptors (Lipinski definition) is 7. The highest BCUT2D eigenvalue weighted by Gasteiger charge is 2.27. The Kier molecular flexibility index (Phi) is 4.41. The summed E-state index contributed by atoms with van der Waals surface area (Å²) in [5.41, 5.74) is 2.25. The quantitative estimate of drug-likeness (QED) is 0.847. The van der Waals surface area contributed by atoms with E-state index in [0.717, 1.165) is 35.1 Å². The highest BCUT2D eigenvalue weighted by Crippen LogP contribution is 2.29. The molecule has 0 aliphatic carbocycles. The Morgan fingerprint density at radius 1 is 1.33 bits per heavy atom. The molecule has 0 saturated carbocycles. The van der Waals surface area contributed by atoms with E-state index in [1.54, 1.807) is 0 Å². The van der Waals surface area contributed by atoms with Gasteiger partial charge < -0.3 is 4.74 Å². The summed E-state index contributed by atoms with van der Waals surface area (Å²) in [6.07, 6.45) is 1.72. The largest absolute Gasteiger partial charge is 0.480 e. The molecule has 1 aromatic heterocycles. The van der Waals surface area contributed by atoms with Gasteiger partial charge in [0, 0.05) is 0 Å². The monoisotopic (exact) mass is 368 g/mol. The molecule has 0 unspecified atom stereocenters. The van der Waals surface area contributed by atoms with Crippen LogP contribution >= 0.6 is 11.3 Å². The molecule has 1 aliphatic heterocycles. The number of hydrogen-bond donors (Lipinski definition) is 2. The first-order chi connectivity index (χ1) is 11.3. The van der Waals surface area contributed by atoms with Crippen molar-refractivity contribution in [2.45, 2.75) is 25.9 Å². The lowest BCUT2D eigenvalue weighted by molar-refractivity contribution is -0.123. The van der Waals surface area contributed by atoms with Crippen LogP contribution < -0.4 is 14.8 Å². The molecular weight excluding hydrogens is 352 g/mol. The number of aromatic nitrogens is 2. The van der Waals surface area contributed by atoms with E-state index in [4.69, 9.17) is 4.74 Å². The van der Waals surface area contributed by atoms with Crippen molar-refractivity contribution in [3.63, 3.8) is 0 Å². The zero-order valence-electron chi connectivity index (χ0n) is 13.1. The van der Waals surface area contributed by atoms with Crippen molar-refractivity contribution in [1.29, 1.82) is 0 Å². The number of anilines is 2. The predicted octanol–water partition coefficient (Wildman–Crippen LogP) is 1.55. The molecule has 1 aliphatic rings. The summed E-state index contributed by atoms with van der Waals surface area (Å²) < 4.78 is 30.2. The average Bonchev–Trinajstić information content (AvgIpc) is 2.91. The number of aryl methyl sites for hydroxylation is 2. The molecule has 0 saturated heterocycles. The fraction of sp³-hybridized carbons (Fsp3) is 0.357. The van der Waals surface area contributed by atoms with E-state index in [2.05, 4.69) is 26.3 Å². The van der Waals surface area contributed by atoms with Crippen molar-refractivity contribution >= 4 is 37.5 Å². The van der Waals surface area contributed by atoms with Gasteiger partial charge in [0.1, 0.15) is 5.75 Å². The zero-order valence-corrected chi connectivity index (χ0v) is 14.7. The highest BCUT2D eigenvalue weighted by molar-refractivity contribution is 7.92. The normalized spacial score (nSPS) is 16.8. The number of carbonyl (C=O) groups excluding carboxylic acids is 1. The number of ether oxygens (including phenoxy) is 1. The van der Waals surface area contributed by atoms with Crippen molar-refractivity contribution in [1.82, 2.24) is 10.2 Å². The van der Waals surface area contributed by atoms with E-state index in [9.17, 15) is 13.2 Å². The number of carbonyl (C=O) groups is 1. The Balaban J connectivity index is 1.65. The number of nitrogens with one attached hydrogen (secondary N) is 2. The molecular formula is C14H16N4O4S2. The van der Waals surface area contributed by atoms with Gasteiger partial charge in [-0.25, -0.2) is 8.42 Å². The second-order valence-electron chi connectivity index (χ2n) is 5.53. The lowest BCUT2D eigenvalue weighted by atomic mass is 10.00. The van der Waals surface area contributed by atoms with E-state index < -0.39 is 16.1 Å².